The van der Waals surface area contributed by atoms with Gasteiger partial charge in [0.1, 0.15) is 11.0 Å². The first-order valence-corrected chi connectivity index (χ1v) is 11.0. The second-order valence-corrected chi connectivity index (χ2v) is 8.49. The number of fused-ring (bicyclic) bond motifs is 1. The highest BCUT2D eigenvalue weighted by molar-refractivity contribution is 7.82. The first kappa shape index (κ1) is 20.4. The van der Waals surface area contributed by atoms with Crippen LogP contribution in [-0.4, -0.2) is 59.2 Å². The van der Waals surface area contributed by atoms with Gasteiger partial charge in [0.05, 0.1) is 12.0 Å². The first-order valence-electron chi connectivity index (χ1n) is 9.85. The largest absolute Gasteiger partial charge is 0.493 e. The number of amides is 1. The SMILES string of the molecule is COc1ccccc1OCC(=O)N1CCN(S(=O)c2ccc3ccccc3c2)CC1. The van der Waals surface area contributed by atoms with Crippen LogP contribution < -0.4 is 9.47 Å². The molecule has 3 aromatic carbocycles. The molecule has 1 atom stereocenters. The van der Waals surface area contributed by atoms with E-state index in [0.29, 0.717) is 37.7 Å². The molecule has 1 amide bonds. The Labute approximate surface area is 178 Å². The summed E-state index contributed by atoms with van der Waals surface area (Å²) < 4.78 is 25.8. The van der Waals surface area contributed by atoms with Crippen LogP contribution in [0.4, 0.5) is 0 Å². The zero-order valence-electron chi connectivity index (χ0n) is 16.8. The predicted molar refractivity (Wildman–Crippen MR) is 117 cm³/mol. The van der Waals surface area contributed by atoms with E-state index in [1.807, 2.05) is 58.9 Å². The minimum atomic E-state index is -1.24. The second-order valence-electron chi connectivity index (χ2n) is 7.01. The monoisotopic (exact) mass is 424 g/mol. The highest BCUT2D eigenvalue weighted by atomic mass is 32.2. The molecule has 6 nitrogen and oxygen atoms in total. The Morgan fingerprint density at radius 2 is 1.57 bits per heavy atom. The van der Waals surface area contributed by atoms with E-state index in [4.69, 9.17) is 9.47 Å². The molecular formula is C23H24N2O4S. The lowest BCUT2D eigenvalue weighted by Crippen LogP contribution is -2.50. The molecule has 0 aliphatic carbocycles. The van der Waals surface area contributed by atoms with E-state index in [1.54, 1.807) is 24.1 Å². The molecule has 1 unspecified atom stereocenters. The Balaban J connectivity index is 1.32. The van der Waals surface area contributed by atoms with E-state index in [0.717, 1.165) is 15.7 Å². The van der Waals surface area contributed by atoms with Gasteiger partial charge >= 0.3 is 0 Å². The van der Waals surface area contributed by atoms with Gasteiger partial charge in [-0.05, 0) is 35.0 Å². The highest BCUT2D eigenvalue weighted by Gasteiger charge is 2.25. The van der Waals surface area contributed by atoms with Crippen LogP contribution >= 0.6 is 0 Å². The lowest BCUT2D eigenvalue weighted by molar-refractivity contribution is -0.134. The number of rotatable bonds is 6. The van der Waals surface area contributed by atoms with Gasteiger partial charge in [0.2, 0.25) is 0 Å². The zero-order chi connectivity index (χ0) is 20.9. The van der Waals surface area contributed by atoms with Crippen LogP contribution in [-0.2, 0) is 15.8 Å². The number of hydrogen-bond acceptors (Lipinski definition) is 4. The maximum Gasteiger partial charge on any atom is 0.260 e. The van der Waals surface area contributed by atoms with Crippen molar-refractivity contribution >= 4 is 27.7 Å². The number of carbonyl (C=O) groups is 1. The molecule has 0 bridgehead atoms. The van der Waals surface area contributed by atoms with E-state index in [9.17, 15) is 9.00 Å². The summed E-state index contributed by atoms with van der Waals surface area (Å²) in [6.45, 7) is 2.11. The molecule has 3 aromatic rings. The van der Waals surface area contributed by atoms with Gasteiger partial charge in [0, 0.05) is 26.2 Å². The number of para-hydroxylation sites is 2. The molecule has 1 fully saturated rings. The molecule has 0 spiro atoms. The van der Waals surface area contributed by atoms with Crippen LogP contribution in [0.1, 0.15) is 0 Å². The predicted octanol–water partition coefficient (Wildman–Crippen LogP) is 3.09. The topological polar surface area (TPSA) is 59.1 Å². The van der Waals surface area contributed by atoms with Gasteiger partial charge in [-0.1, -0.05) is 42.5 Å². The molecular weight excluding hydrogens is 400 g/mol. The minimum Gasteiger partial charge on any atom is -0.493 e. The van der Waals surface area contributed by atoms with Gasteiger partial charge in [0.15, 0.2) is 18.1 Å². The summed E-state index contributed by atoms with van der Waals surface area (Å²) in [5.41, 5.74) is 0. The molecule has 0 aromatic heterocycles. The number of ether oxygens (including phenoxy) is 2. The molecule has 30 heavy (non-hydrogen) atoms. The molecule has 1 aliphatic heterocycles. The third-order valence-corrected chi connectivity index (χ3v) is 6.66. The second kappa shape index (κ2) is 9.28. The molecule has 156 valence electrons. The fourth-order valence-corrected chi connectivity index (χ4v) is 4.70. The smallest absolute Gasteiger partial charge is 0.260 e. The van der Waals surface area contributed by atoms with Gasteiger partial charge in [-0.2, -0.15) is 0 Å². The fourth-order valence-electron chi connectivity index (χ4n) is 3.50. The maximum absolute atomic E-state index is 13.0. The lowest BCUT2D eigenvalue weighted by atomic mass is 10.1. The Morgan fingerprint density at radius 1 is 0.900 bits per heavy atom. The number of carbonyl (C=O) groups excluding carboxylic acids is 1. The van der Waals surface area contributed by atoms with Crippen molar-refractivity contribution in [1.29, 1.82) is 0 Å². The van der Waals surface area contributed by atoms with Gasteiger partial charge in [-0.15, -0.1) is 0 Å². The summed E-state index contributed by atoms with van der Waals surface area (Å²) in [7, 11) is 0.324. The van der Waals surface area contributed by atoms with Crippen molar-refractivity contribution in [3.63, 3.8) is 0 Å². The Bertz CT molecular complexity index is 1060. The molecule has 7 heteroatoms. The van der Waals surface area contributed by atoms with E-state index in [2.05, 4.69) is 0 Å². The highest BCUT2D eigenvalue weighted by Crippen LogP contribution is 2.26. The summed E-state index contributed by atoms with van der Waals surface area (Å²) in [5.74, 6) is 1.06. The van der Waals surface area contributed by atoms with Crippen LogP contribution in [0.2, 0.25) is 0 Å². The summed E-state index contributed by atoms with van der Waals surface area (Å²) in [6.07, 6.45) is 0. The summed E-state index contributed by atoms with van der Waals surface area (Å²) >= 11 is 0. The van der Waals surface area contributed by atoms with Crippen molar-refractivity contribution in [3.8, 4) is 11.5 Å². The van der Waals surface area contributed by atoms with E-state index in [1.165, 1.54) is 0 Å². The maximum atomic E-state index is 13.0. The number of hydrogen-bond donors (Lipinski definition) is 0. The van der Waals surface area contributed by atoms with E-state index >= 15 is 0 Å². The van der Waals surface area contributed by atoms with Gasteiger partial charge in [-0.3, -0.25) is 4.79 Å². The zero-order valence-corrected chi connectivity index (χ0v) is 17.6. The van der Waals surface area contributed by atoms with Crippen molar-refractivity contribution in [3.05, 3.63) is 66.7 Å². The van der Waals surface area contributed by atoms with Gasteiger partial charge in [0.25, 0.3) is 5.91 Å². The molecule has 0 radical (unpaired) electrons. The summed E-state index contributed by atoms with van der Waals surface area (Å²) in [5, 5.41) is 2.20. The number of piperazine rings is 1. The van der Waals surface area contributed by atoms with Crippen molar-refractivity contribution in [2.45, 2.75) is 4.90 Å². The standard InChI is InChI=1S/C23H24N2O4S/c1-28-21-8-4-5-9-22(21)29-17-23(26)24-12-14-25(15-13-24)30(27)20-11-10-18-6-2-3-7-19(18)16-20/h2-11,16H,12-15,17H2,1H3. The van der Waals surface area contributed by atoms with Crippen LogP contribution in [0.5, 0.6) is 11.5 Å². The van der Waals surface area contributed by atoms with Crippen molar-refractivity contribution in [2.24, 2.45) is 0 Å². The normalized spacial score (nSPS) is 15.7. The van der Waals surface area contributed by atoms with Crippen LogP contribution in [0.15, 0.2) is 71.6 Å². The number of nitrogens with zero attached hydrogens (tertiary/aromatic N) is 2. The van der Waals surface area contributed by atoms with Crippen LogP contribution in [0, 0.1) is 0 Å². The van der Waals surface area contributed by atoms with Gasteiger partial charge in [-0.25, -0.2) is 8.51 Å². The summed E-state index contributed by atoms with van der Waals surface area (Å²) in [6, 6.07) is 21.2. The molecule has 1 saturated heterocycles. The first-order chi connectivity index (χ1) is 14.7. The third kappa shape index (κ3) is 4.47. The van der Waals surface area contributed by atoms with Crippen LogP contribution in [0.25, 0.3) is 10.8 Å². The molecule has 4 rings (SSSR count). The van der Waals surface area contributed by atoms with Crippen molar-refractivity contribution in [2.75, 3.05) is 39.9 Å². The fraction of sp³-hybridized carbons (Fsp3) is 0.261. The van der Waals surface area contributed by atoms with E-state index < -0.39 is 11.0 Å². The Hall–Kier alpha value is -2.90. The Morgan fingerprint density at radius 3 is 2.30 bits per heavy atom. The Kier molecular flexibility index (Phi) is 6.30. The van der Waals surface area contributed by atoms with Crippen molar-refractivity contribution in [1.82, 2.24) is 9.21 Å². The third-order valence-electron chi connectivity index (χ3n) is 5.17. The molecule has 1 aliphatic rings. The van der Waals surface area contributed by atoms with Crippen LogP contribution in [0.3, 0.4) is 0 Å². The average molecular weight is 425 g/mol. The average Bonchev–Trinajstić information content (AvgIpc) is 2.82. The lowest BCUT2D eigenvalue weighted by Gasteiger charge is -2.33. The van der Waals surface area contributed by atoms with Crippen molar-refractivity contribution < 1.29 is 18.5 Å². The van der Waals surface area contributed by atoms with E-state index in [-0.39, 0.29) is 12.5 Å². The molecule has 0 N–H and O–H groups in total. The number of benzene rings is 3. The quantitative estimate of drug-likeness (QED) is 0.610. The minimum absolute atomic E-state index is 0.0475. The number of methoxy groups -OCH3 is 1. The summed E-state index contributed by atoms with van der Waals surface area (Å²) in [4.78, 5) is 15.1. The van der Waals surface area contributed by atoms with Gasteiger partial charge < -0.3 is 14.4 Å². The molecule has 0 saturated carbocycles. The molecule has 1 heterocycles.